The second-order valence-electron chi connectivity index (χ2n) is 5.20. The van der Waals surface area contributed by atoms with Crippen molar-refractivity contribution in [2.45, 2.75) is 32.2 Å². The summed E-state index contributed by atoms with van der Waals surface area (Å²) in [7, 11) is 1.62. The van der Waals surface area contributed by atoms with Gasteiger partial charge < -0.3 is 10.1 Å². The number of hydrogen-bond acceptors (Lipinski definition) is 4. The Morgan fingerprint density at radius 3 is 2.48 bits per heavy atom. The molecule has 0 aliphatic heterocycles. The Morgan fingerprint density at radius 1 is 1.17 bits per heavy atom. The minimum atomic E-state index is -0.0995. The van der Waals surface area contributed by atoms with Crippen LogP contribution >= 0.6 is 11.3 Å². The smallest absolute Gasteiger partial charge is 0.220 e. The van der Waals surface area contributed by atoms with Gasteiger partial charge in [0.1, 0.15) is 5.75 Å². The molecule has 4 nitrogen and oxygen atoms in total. The summed E-state index contributed by atoms with van der Waals surface area (Å²) >= 11 is 1.41. The maximum absolute atomic E-state index is 12.1. The molecule has 0 saturated carbocycles. The Labute approximate surface area is 140 Å². The third-order valence-electron chi connectivity index (χ3n) is 3.64. The highest BCUT2D eigenvalue weighted by Crippen LogP contribution is 2.20. The number of nitrogens with one attached hydrogen (secondary N) is 1. The fourth-order valence-electron chi connectivity index (χ4n) is 2.31. The summed E-state index contributed by atoms with van der Waals surface area (Å²) in [6.45, 7) is 2.02. The Kier molecular flexibility index (Phi) is 6.35. The van der Waals surface area contributed by atoms with Crippen LogP contribution in [0.2, 0.25) is 0 Å². The predicted molar refractivity (Wildman–Crippen MR) is 92.1 cm³/mol. The van der Waals surface area contributed by atoms with E-state index in [2.05, 4.69) is 5.32 Å². The number of Topliss-reactive ketones (excluding diaryl/α,β-unsaturated/α-hetero) is 1. The number of hydrogen-bond donors (Lipinski definition) is 1. The largest absolute Gasteiger partial charge is 0.497 e. The van der Waals surface area contributed by atoms with Gasteiger partial charge in [-0.15, -0.1) is 11.3 Å². The summed E-state index contributed by atoms with van der Waals surface area (Å²) in [5.74, 6) is 0.710. The first-order chi connectivity index (χ1) is 11.1. The zero-order chi connectivity index (χ0) is 16.7. The second kappa shape index (κ2) is 8.48. The average Bonchev–Trinajstić information content (AvgIpc) is 3.12. The topological polar surface area (TPSA) is 55.4 Å². The Bertz CT molecular complexity index is 635. The van der Waals surface area contributed by atoms with Crippen molar-refractivity contribution in [1.29, 1.82) is 0 Å². The third kappa shape index (κ3) is 4.93. The van der Waals surface area contributed by atoms with Crippen LogP contribution in [0, 0.1) is 0 Å². The lowest BCUT2D eigenvalue weighted by Crippen LogP contribution is -2.28. The van der Waals surface area contributed by atoms with E-state index in [1.165, 1.54) is 11.3 Å². The number of benzene rings is 1. The van der Waals surface area contributed by atoms with Crippen LogP contribution in [0.5, 0.6) is 5.75 Å². The summed E-state index contributed by atoms with van der Waals surface area (Å²) in [6.07, 6.45) is 1.24. The lowest BCUT2D eigenvalue weighted by Gasteiger charge is -2.17. The van der Waals surface area contributed by atoms with Crippen LogP contribution in [0.4, 0.5) is 0 Å². The van der Waals surface area contributed by atoms with Gasteiger partial charge in [0.15, 0.2) is 5.78 Å². The molecule has 1 heterocycles. The zero-order valence-electron chi connectivity index (χ0n) is 13.4. The molecule has 0 spiro atoms. The van der Waals surface area contributed by atoms with Gasteiger partial charge >= 0.3 is 0 Å². The molecule has 0 aliphatic carbocycles. The highest BCUT2D eigenvalue weighted by Gasteiger charge is 2.15. The minimum Gasteiger partial charge on any atom is -0.497 e. The second-order valence-corrected chi connectivity index (χ2v) is 6.15. The third-order valence-corrected chi connectivity index (χ3v) is 4.55. The van der Waals surface area contributed by atoms with Crippen LogP contribution in [-0.2, 0) is 4.79 Å². The molecule has 0 radical (unpaired) electrons. The molecule has 1 aromatic heterocycles. The number of carbonyl (C=O) groups excluding carboxylic acids is 2. The van der Waals surface area contributed by atoms with Crippen LogP contribution in [0.3, 0.4) is 0 Å². The number of ether oxygens (including phenoxy) is 1. The van der Waals surface area contributed by atoms with E-state index in [0.29, 0.717) is 4.88 Å². The van der Waals surface area contributed by atoms with Gasteiger partial charge in [0.2, 0.25) is 5.91 Å². The molecule has 2 rings (SSSR count). The van der Waals surface area contributed by atoms with Crippen molar-refractivity contribution >= 4 is 23.0 Å². The number of carbonyl (C=O) groups is 2. The molecule has 5 heteroatoms. The number of ketones is 1. The quantitative estimate of drug-likeness (QED) is 0.744. The molecular formula is C18H21NO3S. The molecule has 1 unspecified atom stereocenters. The van der Waals surface area contributed by atoms with Crippen LogP contribution in [-0.4, -0.2) is 18.8 Å². The van der Waals surface area contributed by atoms with E-state index < -0.39 is 0 Å². The number of amides is 1. The molecule has 23 heavy (non-hydrogen) atoms. The van der Waals surface area contributed by atoms with Gasteiger partial charge in [-0.2, -0.15) is 0 Å². The first-order valence-electron chi connectivity index (χ1n) is 7.64. The molecular weight excluding hydrogens is 310 g/mol. The van der Waals surface area contributed by atoms with E-state index in [4.69, 9.17) is 4.74 Å². The highest BCUT2D eigenvalue weighted by atomic mass is 32.1. The first kappa shape index (κ1) is 17.2. The molecule has 122 valence electrons. The van der Waals surface area contributed by atoms with Crippen LogP contribution in [0.15, 0.2) is 41.8 Å². The Balaban J connectivity index is 1.87. The van der Waals surface area contributed by atoms with Crippen molar-refractivity contribution in [3.63, 3.8) is 0 Å². The van der Waals surface area contributed by atoms with E-state index in [1.54, 1.807) is 13.2 Å². The van der Waals surface area contributed by atoms with Gasteiger partial charge in [-0.25, -0.2) is 0 Å². The number of methoxy groups -OCH3 is 1. The van der Waals surface area contributed by atoms with Crippen LogP contribution in [0.1, 0.15) is 47.5 Å². The lowest BCUT2D eigenvalue weighted by molar-refractivity contribution is -0.121. The van der Waals surface area contributed by atoms with Gasteiger partial charge in [0.05, 0.1) is 18.0 Å². The fourth-order valence-corrected chi connectivity index (χ4v) is 3.01. The molecule has 0 fully saturated rings. The summed E-state index contributed by atoms with van der Waals surface area (Å²) < 4.78 is 5.14. The van der Waals surface area contributed by atoms with Crippen LogP contribution in [0.25, 0.3) is 0 Å². The molecule has 1 atom stereocenters. The molecule has 0 saturated heterocycles. The number of thiophene rings is 1. The highest BCUT2D eigenvalue weighted by molar-refractivity contribution is 7.12. The van der Waals surface area contributed by atoms with Crippen molar-refractivity contribution < 1.29 is 14.3 Å². The zero-order valence-corrected chi connectivity index (χ0v) is 14.2. The van der Waals surface area contributed by atoms with E-state index in [9.17, 15) is 9.59 Å². The van der Waals surface area contributed by atoms with E-state index in [1.807, 2.05) is 42.6 Å². The monoisotopic (exact) mass is 331 g/mol. The molecule has 2 aromatic rings. The normalized spacial score (nSPS) is 11.7. The van der Waals surface area contributed by atoms with Crippen molar-refractivity contribution in [2.24, 2.45) is 0 Å². The standard InChI is InChI=1S/C18H21NO3S/c1-3-15(13-6-8-14(22-2)9-7-13)19-18(21)11-10-16(20)17-5-4-12-23-17/h4-9,12,15H,3,10-11H2,1-2H3,(H,19,21). The lowest BCUT2D eigenvalue weighted by atomic mass is 10.0. The maximum atomic E-state index is 12.1. The van der Waals surface area contributed by atoms with Crippen molar-refractivity contribution in [2.75, 3.05) is 7.11 Å². The maximum Gasteiger partial charge on any atom is 0.220 e. The van der Waals surface area contributed by atoms with E-state index in [0.717, 1.165) is 17.7 Å². The number of rotatable bonds is 8. The van der Waals surface area contributed by atoms with Crippen molar-refractivity contribution in [3.8, 4) is 5.75 Å². The summed E-state index contributed by atoms with van der Waals surface area (Å²) in [4.78, 5) is 24.7. The first-order valence-corrected chi connectivity index (χ1v) is 8.52. The molecule has 1 aromatic carbocycles. The van der Waals surface area contributed by atoms with Gasteiger partial charge in [-0.1, -0.05) is 25.1 Å². The average molecular weight is 331 g/mol. The van der Waals surface area contributed by atoms with Gasteiger partial charge in [0, 0.05) is 12.8 Å². The molecule has 0 bridgehead atoms. The molecule has 1 amide bonds. The minimum absolute atomic E-state index is 0.0210. The van der Waals surface area contributed by atoms with Gasteiger partial charge in [-0.05, 0) is 35.6 Å². The van der Waals surface area contributed by atoms with Crippen LogP contribution < -0.4 is 10.1 Å². The predicted octanol–water partition coefficient (Wildman–Crippen LogP) is 3.99. The summed E-state index contributed by atoms with van der Waals surface area (Å²) in [5, 5.41) is 4.86. The van der Waals surface area contributed by atoms with Crippen molar-refractivity contribution in [3.05, 3.63) is 52.2 Å². The summed E-state index contributed by atoms with van der Waals surface area (Å²) in [6, 6.07) is 11.2. The SMILES string of the molecule is CCC(NC(=O)CCC(=O)c1cccs1)c1ccc(OC)cc1. The van der Waals surface area contributed by atoms with Crippen molar-refractivity contribution in [1.82, 2.24) is 5.32 Å². The molecule has 0 aliphatic rings. The fraction of sp³-hybridized carbons (Fsp3) is 0.333. The Hall–Kier alpha value is -2.14. The van der Waals surface area contributed by atoms with E-state index in [-0.39, 0.29) is 30.6 Å². The van der Waals surface area contributed by atoms with Gasteiger partial charge in [0.25, 0.3) is 0 Å². The van der Waals surface area contributed by atoms with Gasteiger partial charge in [-0.3, -0.25) is 9.59 Å². The molecule has 1 N–H and O–H groups in total. The Morgan fingerprint density at radius 2 is 1.91 bits per heavy atom. The summed E-state index contributed by atoms with van der Waals surface area (Å²) in [5.41, 5.74) is 1.03. The van der Waals surface area contributed by atoms with E-state index >= 15 is 0 Å².